The Hall–Kier alpha value is -2.49. The minimum absolute atomic E-state index is 0. The van der Waals surface area contributed by atoms with Crippen molar-refractivity contribution >= 4 is 30.4 Å². The van der Waals surface area contributed by atoms with Crippen molar-refractivity contribution in [3.63, 3.8) is 0 Å². The zero-order valence-electron chi connectivity index (χ0n) is 36.7. The zero-order valence-corrected chi connectivity index (χ0v) is 42.3. The van der Waals surface area contributed by atoms with Crippen LogP contribution in [0.2, 0.25) is 0 Å². The Morgan fingerprint density at radius 1 is 0.148 bits per heavy atom. The van der Waals surface area contributed by atoms with Crippen LogP contribution in [0.15, 0.2) is 0 Å². The van der Waals surface area contributed by atoms with Crippen molar-refractivity contribution in [3.8, 4) is 0 Å². The molecule has 88 heavy (non-hydrogen) atoms. The second kappa shape index (κ2) is 23.2. The van der Waals surface area contributed by atoms with Crippen molar-refractivity contribution in [1.82, 2.24) is 0 Å². The molecule has 529 valence electrons. The molecule has 0 aliphatic rings. The molecule has 0 aromatic carbocycles. The van der Waals surface area contributed by atoms with Gasteiger partial charge < -0.3 is 13.7 Å². The molecule has 0 aliphatic carbocycles. The van der Waals surface area contributed by atoms with E-state index in [1.165, 1.54) is 0 Å². The first-order valence-corrected chi connectivity index (χ1v) is 21.2. The van der Waals surface area contributed by atoms with Crippen LogP contribution in [0.1, 0.15) is 0 Å². The molecule has 0 heterocycles. The molecular formula is C24F51NdO9S3. The van der Waals surface area contributed by atoms with Crippen LogP contribution >= 0.6 is 0 Å². The summed E-state index contributed by atoms with van der Waals surface area (Å²) in [6.07, 6.45) is -23.7. The monoisotopic (exact) mass is 1640 g/mol. The molecule has 1 radical (unpaired) electrons. The minimum atomic E-state index is -8.92. The van der Waals surface area contributed by atoms with Crippen molar-refractivity contribution in [1.29, 1.82) is 0 Å². The van der Waals surface area contributed by atoms with Gasteiger partial charge in [-0.25, -0.2) is 25.3 Å². The third-order valence-electron chi connectivity index (χ3n) is 9.02. The second-order valence-corrected chi connectivity index (χ2v) is 19.0. The van der Waals surface area contributed by atoms with E-state index in [-0.39, 0.29) is 40.8 Å². The van der Waals surface area contributed by atoms with Gasteiger partial charge in [0.1, 0.15) is 0 Å². The summed E-state index contributed by atoms with van der Waals surface area (Å²) in [4.78, 5) is 0. The van der Waals surface area contributed by atoms with Gasteiger partial charge in [0.15, 0.2) is 30.4 Å². The van der Waals surface area contributed by atoms with Crippen molar-refractivity contribution in [2.24, 2.45) is 0 Å². The molecule has 0 aliphatic heterocycles. The van der Waals surface area contributed by atoms with Gasteiger partial charge >= 0.3 is 182 Å². The Kier molecular flexibility index (Phi) is 24.2. The van der Waals surface area contributed by atoms with E-state index in [1.807, 2.05) is 0 Å². The fraction of sp³-hybridized carbons (Fsp3) is 1.00. The molecule has 0 amide bonds. The maximum absolute atomic E-state index is 13.0. The molecule has 0 spiro atoms. The van der Waals surface area contributed by atoms with Crippen LogP contribution in [0.25, 0.3) is 0 Å². The zero-order chi connectivity index (χ0) is 73.5. The van der Waals surface area contributed by atoms with E-state index in [1.54, 1.807) is 0 Å². The summed E-state index contributed by atoms with van der Waals surface area (Å²) in [6, 6.07) is 0. The summed E-state index contributed by atoms with van der Waals surface area (Å²) in [5.41, 5.74) is 0. The molecule has 0 unspecified atom stereocenters. The Morgan fingerprint density at radius 3 is 0.284 bits per heavy atom. The standard InChI is InChI=1S/3C8HF17O3S.Nd/c3*9-1(10,3(13,14)5(17,18)7(21,22)23)2(11,12)4(15,16)6(19,20)8(24,25)29(26,27)28;/h3*(H,26,27,28);/q;;;+3/p-3. The average molecular weight is 1640 g/mol. The maximum Gasteiger partial charge on any atom is 3.00 e. The Bertz CT molecular complexity index is 2500. The van der Waals surface area contributed by atoms with E-state index in [0.717, 1.165) is 0 Å². The molecule has 64 heteroatoms. The van der Waals surface area contributed by atoms with Crippen LogP contribution in [0.3, 0.4) is 0 Å². The predicted molar refractivity (Wildman–Crippen MR) is 151 cm³/mol. The van der Waals surface area contributed by atoms with E-state index in [2.05, 4.69) is 0 Å². The summed E-state index contributed by atoms with van der Waals surface area (Å²) in [5, 5.41) is -23.9. The molecular weight excluding hydrogens is 1640 g/mol. The molecule has 0 saturated heterocycles. The molecule has 0 N–H and O–H groups in total. The second-order valence-electron chi connectivity index (χ2n) is 14.7. The third-order valence-corrected chi connectivity index (χ3v) is 11.7. The largest absolute Gasteiger partial charge is 3.00 e. The van der Waals surface area contributed by atoms with Gasteiger partial charge in [0.25, 0.3) is 0 Å². The maximum atomic E-state index is 13.0. The van der Waals surface area contributed by atoms with Crippen LogP contribution in [0.4, 0.5) is 224 Å². The van der Waals surface area contributed by atoms with Crippen LogP contribution in [0.5, 0.6) is 0 Å². The van der Waals surface area contributed by atoms with Gasteiger partial charge in [-0.05, 0) is 0 Å². The Morgan fingerprint density at radius 2 is 0.216 bits per heavy atom. The van der Waals surface area contributed by atoms with E-state index < -0.39 is 171 Å². The van der Waals surface area contributed by atoms with E-state index in [0.29, 0.717) is 0 Å². The molecule has 0 fully saturated rings. The SMILES string of the molecule is O=S(=O)([O-])C(F)(F)C(F)(F)C(F)(F)C(F)(F)C(F)(F)C(F)(F)C(F)(F)C(F)(F)F.O=S(=O)([O-])C(F)(F)C(F)(F)C(F)(F)C(F)(F)C(F)(F)C(F)(F)C(F)(F)C(F)(F)F.O=S(=O)([O-])C(F)(F)C(F)(F)C(F)(F)C(F)(F)C(F)(F)C(F)(F)C(F)(F)C(F)(F)F.[Nd+3]. The van der Waals surface area contributed by atoms with Crippen LogP contribution in [0, 0.1) is 40.8 Å². The van der Waals surface area contributed by atoms with Crippen molar-refractivity contribution in [2.45, 2.75) is 141 Å². The van der Waals surface area contributed by atoms with Gasteiger partial charge in [0.2, 0.25) is 0 Å². The number of rotatable bonds is 21. The van der Waals surface area contributed by atoms with Gasteiger partial charge in [-0.3, -0.25) is 0 Å². The van der Waals surface area contributed by atoms with Crippen molar-refractivity contribution < 1.29 is 304 Å². The Balaban J connectivity index is -0.000000598. The number of alkyl halides is 51. The molecule has 0 rings (SSSR count). The quantitative estimate of drug-likeness (QED) is 0.0801. The third kappa shape index (κ3) is 12.5. The van der Waals surface area contributed by atoms with E-state index in [4.69, 9.17) is 0 Å². The molecule has 0 aromatic heterocycles. The molecule has 0 atom stereocenters. The average Bonchev–Trinajstić information content (AvgIpc) is 3.23. The summed E-state index contributed by atoms with van der Waals surface area (Å²) in [7, 11) is -24.4. The van der Waals surface area contributed by atoms with Gasteiger partial charge in [0.05, 0.1) is 0 Å². The summed E-state index contributed by atoms with van der Waals surface area (Å²) in [6.45, 7) is 0. The molecule has 0 bridgehead atoms. The smallest absolute Gasteiger partial charge is 0.743 e. The van der Waals surface area contributed by atoms with Gasteiger partial charge in [-0.2, -0.15) is 224 Å². The van der Waals surface area contributed by atoms with Crippen LogP contribution < -0.4 is 0 Å². The van der Waals surface area contributed by atoms with Gasteiger partial charge in [0, 0.05) is 0 Å². The first-order valence-electron chi connectivity index (χ1n) is 17.0. The van der Waals surface area contributed by atoms with Gasteiger partial charge in [-0.15, -0.1) is 0 Å². The van der Waals surface area contributed by atoms with Gasteiger partial charge in [-0.1, -0.05) is 0 Å². The normalized spacial score (nSPS) is 16.7. The predicted octanol–water partition coefficient (Wildman–Crippen LogP) is 13.5. The number of hydrogen-bond acceptors (Lipinski definition) is 9. The number of halogens is 51. The van der Waals surface area contributed by atoms with Crippen LogP contribution in [-0.4, -0.2) is 180 Å². The van der Waals surface area contributed by atoms with E-state index in [9.17, 15) is 263 Å². The molecule has 0 saturated carbocycles. The number of hydrogen-bond donors (Lipinski definition) is 0. The Labute approximate surface area is 474 Å². The summed E-state index contributed by atoms with van der Waals surface area (Å²) < 4.78 is 732. The molecule has 0 aromatic rings. The molecule has 9 nitrogen and oxygen atoms in total. The topological polar surface area (TPSA) is 172 Å². The fourth-order valence-electron chi connectivity index (χ4n) is 3.92. The minimum Gasteiger partial charge on any atom is -0.743 e. The van der Waals surface area contributed by atoms with Crippen LogP contribution in [-0.2, 0) is 30.4 Å². The fourth-order valence-corrected chi connectivity index (χ4v) is 5.25. The first kappa shape index (κ1) is 91.9. The first-order chi connectivity index (χ1) is 36.0. The van der Waals surface area contributed by atoms with Crippen molar-refractivity contribution in [3.05, 3.63) is 0 Å². The van der Waals surface area contributed by atoms with Crippen molar-refractivity contribution in [2.75, 3.05) is 0 Å². The van der Waals surface area contributed by atoms with E-state index >= 15 is 0 Å². The summed E-state index contributed by atoms with van der Waals surface area (Å²) in [5.74, 6) is -156. The summed E-state index contributed by atoms with van der Waals surface area (Å²) >= 11 is 0.